The third kappa shape index (κ3) is 5.38. The van der Waals surface area contributed by atoms with E-state index in [0.717, 1.165) is 44.7 Å². The van der Waals surface area contributed by atoms with E-state index < -0.39 is 0 Å². The van der Waals surface area contributed by atoms with Crippen molar-refractivity contribution in [2.75, 3.05) is 13.1 Å². The van der Waals surface area contributed by atoms with Crippen molar-refractivity contribution in [1.29, 1.82) is 0 Å². The summed E-state index contributed by atoms with van der Waals surface area (Å²) in [6.45, 7) is 8.30. The van der Waals surface area contributed by atoms with Gasteiger partial charge < -0.3 is 10.6 Å². The highest BCUT2D eigenvalue weighted by molar-refractivity contribution is 5.78. The molecule has 0 aromatic carbocycles. The Morgan fingerprint density at radius 1 is 1.28 bits per heavy atom. The van der Waals surface area contributed by atoms with E-state index in [4.69, 9.17) is 5.73 Å². The molecule has 2 N–H and O–H groups in total. The predicted octanol–water partition coefficient (Wildman–Crippen LogP) is 2.79. The maximum absolute atomic E-state index is 12.3. The van der Waals surface area contributed by atoms with Crippen LogP contribution in [0.15, 0.2) is 0 Å². The van der Waals surface area contributed by atoms with Gasteiger partial charge >= 0.3 is 0 Å². The zero-order chi connectivity index (χ0) is 13.5. The van der Waals surface area contributed by atoms with E-state index in [-0.39, 0.29) is 12.0 Å². The Kier molecular flexibility index (Phi) is 6.69. The lowest BCUT2D eigenvalue weighted by Crippen LogP contribution is -2.36. The summed E-state index contributed by atoms with van der Waals surface area (Å²) in [5.74, 6) is 1.29. The van der Waals surface area contributed by atoms with Gasteiger partial charge in [0.1, 0.15) is 0 Å². The van der Waals surface area contributed by atoms with Gasteiger partial charge in [0.05, 0.1) is 0 Å². The molecule has 0 bridgehead atoms. The summed E-state index contributed by atoms with van der Waals surface area (Å²) in [5, 5.41) is 0. The number of nitrogens with zero attached hydrogens (tertiary/aromatic N) is 1. The first-order chi connectivity index (χ1) is 8.50. The molecule has 3 unspecified atom stereocenters. The molecule has 1 aliphatic rings. The molecular formula is C15H30N2O. The molecule has 1 amide bonds. The Morgan fingerprint density at radius 3 is 2.67 bits per heavy atom. The summed E-state index contributed by atoms with van der Waals surface area (Å²) in [6, 6.07) is 0.256. The second-order valence-electron chi connectivity index (χ2n) is 6.17. The van der Waals surface area contributed by atoms with E-state index in [1.165, 1.54) is 12.8 Å². The van der Waals surface area contributed by atoms with E-state index in [9.17, 15) is 4.79 Å². The average Bonchev–Trinajstić information content (AvgIpc) is 2.52. The Morgan fingerprint density at radius 2 is 2.00 bits per heavy atom. The van der Waals surface area contributed by atoms with Crippen LogP contribution in [0.1, 0.15) is 59.3 Å². The monoisotopic (exact) mass is 254 g/mol. The molecule has 0 radical (unpaired) electrons. The topological polar surface area (TPSA) is 46.3 Å². The Hall–Kier alpha value is -0.570. The summed E-state index contributed by atoms with van der Waals surface area (Å²) in [5.41, 5.74) is 5.74. The minimum Gasteiger partial charge on any atom is -0.342 e. The van der Waals surface area contributed by atoms with Crippen LogP contribution >= 0.6 is 0 Å². The van der Waals surface area contributed by atoms with Crippen LogP contribution < -0.4 is 5.73 Å². The summed E-state index contributed by atoms with van der Waals surface area (Å²) in [4.78, 5) is 14.4. The highest BCUT2D eigenvalue weighted by Gasteiger charge is 2.22. The second-order valence-corrected chi connectivity index (χ2v) is 6.17. The quantitative estimate of drug-likeness (QED) is 0.820. The van der Waals surface area contributed by atoms with E-state index >= 15 is 0 Å². The zero-order valence-corrected chi connectivity index (χ0v) is 12.3. The smallest absolute Gasteiger partial charge is 0.225 e. The van der Waals surface area contributed by atoms with Gasteiger partial charge in [0.25, 0.3) is 0 Å². The Balaban J connectivity index is 2.33. The van der Waals surface area contributed by atoms with Crippen molar-refractivity contribution in [2.24, 2.45) is 17.6 Å². The van der Waals surface area contributed by atoms with Gasteiger partial charge in [-0.05, 0) is 44.9 Å². The fourth-order valence-corrected chi connectivity index (χ4v) is 2.66. The van der Waals surface area contributed by atoms with Gasteiger partial charge in [-0.15, -0.1) is 0 Å². The largest absolute Gasteiger partial charge is 0.342 e. The summed E-state index contributed by atoms with van der Waals surface area (Å²) in [7, 11) is 0. The SMILES string of the molecule is CC(N)CCCC(C)C(=O)N1CCCC(C)CC1. The molecule has 0 aliphatic carbocycles. The van der Waals surface area contributed by atoms with E-state index in [0.29, 0.717) is 5.91 Å². The van der Waals surface area contributed by atoms with Crippen LogP contribution in [0.2, 0.25) is 0 Å². The number of nitrogens with two attached hydrogens (primary N) is 1. The highest BCUT2D eigenvalue weighted by Crippen LogP contribution is 2.19. The molecule has 1 fully saturated rings. The lowest BCUT2D eigenvalue weighted by molar-refractivity contribution is -0.135. The van der Waals surface area contributed by atoms with E-state index in [1.54, 1.807) is 0 Å². The molecule has 0 aromatic heterocycles. The zero-order valence-electron chi connectivity index (χ0n) is 12.3. The minimum atomic E-state index is 0.164. The maximum Gasteiger partial charge on any atom is 0.225 e. The van der Waals surface area contributed by atoms with E-state index in [2.05, 4.69) is 18.7 Å². The first-order valence-electron chi connectivity index (χ1n) is 7.55. The number of hydrogen-bond donors (Lipinski definition) is 1. The molecule has 18 heavy (non-hydrogen) atoms. The highest BCUT2D eigenvalue weighted by atomic mass is 16.2. The van der Waals surface area contributed by atoms with Gasteiger partial charge in [0, 0.05) is 25.0 Å². The average molecular weight is 254 g/mol. The van der Waals surface area contributed by atoms with Crippen molar-refractivity contribution >= 4 is 5.91 Å². The molecule has 0 aromatic rings. The molecule has 1 heterocycles. The van der Waals surface area contributed by atoms with Crippen molar-refractivity contribution < 1.29 is 4.79 Å². The van der Waals surface area contributed by atoms with Crippen molar-refractivity contribution in [1.82, 2.24) is 4.90 Å². The maximum atomic E-state index is 12.3. The van der Waals surface area contributed by atoms with Crippen LogP contribution in [0.5, 0.6) is 0 Å². The second kappa shape index (κ2) is 7.78. The molecule has 0 spiro atoms. The number of likely N-dealkylation sites (tertiary alicyclic amines) is 1. The number of carbonyl (C=O) groups excluding carboxylic acids is 1. The summed E-state index contributed by atoms with van der Waals surface area (Å²) >= 11 is 0. The van der Waals surface area contributed by atoms with Crippen LogP contribution in [0.25, 0.3) is 0 Å². The van der Waals surface area contributed by atoms with Crippen LogP contribution in [-0.4, -0.2) is 29.9 Å². The normalized spacial score (nSPS) is 24.4. The van der Waals surface area contributed by atoms with Gasteiger partial charge in [-0.3, -0.25) is 4.79 Å². The first kappa shape index (κ1) is 15.5. The lowest BCUT2D eigenvalue weighted by atomic mass is 10.0. The van der Waals surface area contributed by atoms with E-state index in [1.807, 2.05) is 6.92 Å². The number of carbonyl (C=O) groups is 1. The summed E-state index contributed by atoms with van der Waals surface area (Å²) in [6.07, 6.45) is 6.66. The van der Waals surface area contributed by atoms with Crippen molar-refractivity contribution in [3.8, 4) is 0 Å². The van der Waals surface area contributed by atoms with Gasteiger partial charge in [0.2, 0.25) is 5.91 Å². The molecule has 3 heteroatoms. The van der Waals surface area contributed by atoms with Crippen molar-refractivity contribution in [2.45, 2.75) is 65.3 Å². The molecule has 1 rings (SSSR count). The van der Waals surface area contributed by atoms with Crippen LogP contribution in [0.3, 0.4) is 0 Å². The lowest BCUT2D eigenvalue weighted by Gasteiger charge is -2.24. The van der Waals surface area contributed by atoms with Crippen LogP contribution in [0, 0.1) is 11.8 Å². The third-order valence-corrected chi connectivity index (χ3v) is 4.05. The summed E-state index contributed by atoms with van der Waals surface area (Å²) < 4.78 is 0. The van der Waals surface area contributed by atoms with Gasteiger partial charge in [-0.25, -0.2) is 0 Å². The van der Waals surface area contributed by atoms with Crippen LogP contribution in [0.4, 0.5) is 0 Å². The standard InChI is InChI=1S/C15H30N2O/c1-12-6-5-10-17(11-9-12)15(18)13(2)7-4-8-14(3)16/h12-14H,4-11,16H2,1-3H3. The molecule has 3 nitrogen and oxygen atoms in total. The molecule has 1 aliphatic heterocycles. The predicted molar refractivity (Wildman–Crippen MR) is 76.3 cm³/mol. The molecule has 1 saturated heterocycles. The number of hydrogen-bond acceptors (Lipinski definition) is 2. The Bertz CT molecular complexity index is 253. The molecule has 0 saturated carbocycles. The van der Waals surface area contributed by atoms with Crippen LogP contribution in [-0.2, 0) is 4.79 Å². The molecular weight excluding hydrogens is 224 g/mol. The fourth-order valence-electron chi connectivity index (χ4n) is 2.66. The number of rotatable bonds is 5. The molecule has 3 atom stereocenters. The van der Waals surface area contributed by atoms with Crippen molar-refractivity contribution in [3.05, 3.63) is 0 Å². The third-order valence-electron chi connectivity index (χ3n) is 4.05. The van der Waals surface area contributed by atoms with Crippen molar-refractivity contribution in [3.63, 3.8) is 0 Å². The van der Waals surface area contributed by atoms with Gasteiger partial charge in [-0.2, -0.15) is 0 Å². The number of amides is 1. The molecule has 106 valence electrons. The minimum absolute atomic E-state index is 0.164. The fraction of sp³-hybridized carbons (Fsp3) is 0.933. The van der Waals surface area contributed by atoms with Gasteiger partial charge in [-0.1, -0.05) is 20.3 Å². The van der Waals surface area contributed by atoms with Gasteiger partial charge in [0.15, 0.2) is 0 Å². The first-order valence-corrected chi connectivity index (χ1v) is 7.55. The Labute approximate surface area is 112 Å².